The molecular weight excluding hydrogens is 474 g/mol. The molecule has 0 N–H and O–H groups in total. The molecule has 6 nitrogen and oxygen atoms in total. The van der Waals surface area contributed by atoms with Crippen LogP contribution in [0.25, 0.3) is 0 Å². The zero-order valence-electron chi connectivity index (χ0n) is 19.7. The minimum absolute atomic E-state index is 0.121. The molecule has 1 saturated heterocycles. The number of carbonyl (C=O) groups is 1. The summed E-state index contributed by atoms with van der Waals surface area (Å²) < 4.78 is 0. The van der Waals surface area contributed by atoms with Crippen LogP contribution in [0, 0.1) is 11.3 Å². The molecule has 4 rings (SSSR count). The molecule has 35 heavy (non-hydrogen) atoms. The second-order valence-electron chi connectivity index (χ2n) is 8.18. The Kier molecular flexibility index (Phi) is 7.49. The number of nitriles is 1. The summed E-state index contributed by atoms with van der Waals surface area (Å²) in [6.07, 6.45) is 1.82. The molecule has 0 bridgehead atoms. The first-order chi connectivity index (χ1) is 16.9. The molecule has 0 aromatic heterocycles. The van der Waals surface area contributed by atoms with E-state index in [1.165, 1.54) is 11.8 Å². The summed E-state index contributed by atoms with van der Waals surface area (Å²) in [5.74, 6) is -0.121. The summed E-state index contributed by atoms with van der Waals surface area (Å²) in [5, 5.41) is 9.98. The van der Waals surface area contributed by atoms with Crippen molar-refractivity contribution >= 4 is 52.5 Å². The third-order valence-electron chi connectivity index (χ3n) is 5.45. The molecule has 1 aliphatic heterocycles. The summed E-state index contributed by atoms with van der Waals surface area (Å²) in [7, 11) is 5.75. The van der Waals surface area contributed by atoms with Gasteiger partial charge in [0.2, 0.25) is 0 Å². The fourth-order valence-corrected chi connectivity index (χ4v) is 4.98. The van der Waals surface area contributed by atoms with E-state index in [0.29, 0.717) is 27.9 Å². The van der Waals surface area contributed by atoms with Gasteiger partial charge in [-0.3, -0.25) is 9.69 Å². The number of rotatable bonds is 6. The van der Waals surface area contributed by atoms with Crippen molar-refractivity contribution in [3.05, 3.63) is 95.0 Å². The lowest BCUT2D eigenvalue weighted by Crippen LogP contribution is -2.29. The molecule has 0 spiro atoms. The average Bonchev–Trinajstić information content (AvgIpc) is 3.13. The molecule has 1 aliphatic rings. The topological polar surface area (TPSA) is 62.9 Å². The van der Waals surface area contributed by atoms with E-state index in [1.807, 2.05) is 97.8 Å². The molecule has 0 radical (unpaired) electrons. The first kappa shape index (κ1) is 24.5. The second kappa shape index (κ2) is 10.7. The van der Waals surface area contributed by atoms with Crippen molar-refractivity contribution < 1.29 is 4.79 Å². The van der Waals surface area contributed by atoms with E-state index in [-0.39, 0.29) is 5.91 Å². The van der Waals surface area contributed by atoms with Crippen LogP contribution in [-0.2, 0) is 11.3 Å². The van der Waals surface area contributed by atoms with Gasteiger partial charge < -0.3 is 9.80 Å². The lowest BCUT2D eigenvalue weighted by molar-refractivity contribution is -0.122. The highest BCUT2D eigenvalue weighted by atomic mass is 32.2. The lowest BCUT2D eigenvalue weighted by atomic mass is 10.2. The molecule has 176 valence electrons. The van der Waals surface area contributed by atoms with Gasteiger partial charge >= 0.3 is 0 Å². The molecule has 1 amide bonds. The van der Waals surface area contributed by atoms with Crippen molar-refractivity contribution in [1.29, 1.82) is 5.26 Å². The fraction of sp³-hybridized carbons (Fsp3) is 0.148. The van der Waals surface area contributed by atoms with Gasteiger partial charge in [-0.2, -0.15) is 5.26 Å². The van der Waals surface area contributed by atoms with Gasteiger partial charge in [0.1, 0.15) is 0 Å². The molecule has 0 aliphatic carbocycles. The minimum atomic E-state index is -0.121. The number of hydrogen-bond donors (Lipinski definition) is 1. The Bertz CT molecular complexity index is 1350. The minimum Gasteiger partial charge on any atom is -0.376 e. The first-order valence-electron chi connectivity index (χ1n) is 10.9. The van der Waals surface area contributed by atoms with Crippen molar-refractivity contribution in [2.45, 2.75) is 11.4 Å². The number of hydrogen-bond acceptors (Lipinski definition) is 7. The van der Waals surface area contributed by atoms with Gasteiger partial charge in [0.05, 0.1) is 40.1 Å². The predicted molar refractivity (Wildman–Crippen MR) is 147 cm³/mol. The smallest absolute Gasteiger partial charge is 0.268 e. The summed E-state index contributed by atoms with van der Waals surface area (Å²) in [5.41, 5.74) is 3.91. The van der Waals surface area contributed by atoms with Gasteiger partial charge in [-0.1, -0.05) is 42.5 Å². The molecule has 0 saturated carbocycles. The number of amidine groups is 1. The molecule has 3 aromatic carbocycles. The van der Waals surface area contributed by atoms with Crippen LogP contribution in [0.5, 0.6) is 0 Å². The highest BCUT2D eigenvalue weighted by molar-refractivity contribution is 8.18. The van der Waals surface area contributed by atoms with Crippen molar-refractivity contribution in [1.82, 2.24) is 4.90 Å². The average molecular weight is 500 g/mol. The molecule has 1 fully saturated rings. The largest absolute Gasteiger partial charge is 0.376 e. The number of para-hydroxylation sites is 1. The van der Waals surface area contributed by atoms with Crippen LogP contribution in [0.1, 0.15) is 11.1 Å². The Hall–Kier alpha value is -3.67. The van der Waals surface area contributed by atoms with Crippen molar-refractivity contribution in [3.63, 3.8) is 0 Å². The standard InChI is InChI=1S/C27H25N5OS2/c1-30(2)22-14-13-20(16-28)15-21(22)29-27-32(17-19-9-5-4-6-10-19)26(33)25(35-27)18-31(3)23-11-7-8-12-24(23)34/h4-15,18,34H,17H2,1-3H3. The second-order valence-corrected chi connectivity index (χ2v) is 9.67. The Morgan fingerprint density at radius 1 is 1.03 bits per heavy atom. The molecular formula is C27H25N5OS2. The third kappa shape index (κ3) is 5.53. The molecule has 0 unspecified atom stereocenters. The number of nitrogens with zero attached hydrogens (tertiary/aromatic N) is 5. The molecule has 1 heterocycles. The van der Waals surface area contributed by atoms with Crippen molar-refractivity contribution in [2.24, 2.45) is 4.99 Å². The van der Waals surface area contributed by atoms with Crippen LogP contribution in [-0.4, -0.2) is 37.1 Å². The van der Waals surface area contributed by atoms with Crippen LogP contribution in [0.2, 0.25) is 0 Å². The Morgan fingerprint density at radius 2 is 1.74 bits per heavy atom. The molecule has 0 atom stereocenters. The van der Waals surface area contributed by atoms with Gasteiger partial charge in [0, 0.05) is 32.2 Å². The van der Waals surface area contributed by atoms with Crippen LogP contribution in [0.3, 0.4) is 0 Å². The lowest BCUT2D eigenvalue weighted by Gasteiger charge is -2.18. The Morgan fingerprint density at radius 3 is 2.43 bits per heavy atom. The summed E-state index contributed by atoms with van der Waals surface area (Å²) in [4.78, 5) is 25.3. The van der Waals surface area contributed by atoms with E-state index in [0.717, 1.165) is 21.8 Å². The van der Waals surface area contributed by atoms with Crippen LogP contribution in [0.15, 0.2) is 93.8 Å². The SMILES string of the molecule is CN(C)c1ccc(C#N)cc1N=C1SC(=CN(C)c2ccccc2S)C(=O)N1Cc1ccccc1. The number of thiol groups is 1. The summed E-state index contributed by atoms with van der Waals surface area (Å²) in [6, 6.07) is 25.1. The number of benzene rings is 3. The maximum absolute atomic E-state index is 13.6. The number of aliphatic imine (C=N–C) groups is 1. The predicted octanol–water partition coefficient (Wildman–Crippen LogP) is 5.65. The molecule has 3 aromatic rings. The highest BCUT2D eigenvalue weighted by Crippen LogP contribution is 2.37. The van der Waals surface area contributed by atoms with E-state index < -0.39 is 0 Å². The van der Waals surface area contributed by atoms with Gasteiger partial charge in [-0.25, -0.2) is 4.99 Å². The maximum Gasteiger partial charge on any atom is 0.268 e. The van der Waals surface area contributed by atoms with Crippen LogP contribution < -0.4 is 9.80 Å². The zero-order valence-corrected chi connectivity index (χ0v) is 21.4. The normalized spacial score (nSPS) is 15.5. The van der Waals surface area contributed by atoms with Crippen molar-refractivity contribution in [2.75, 3.05) is 30.9 Å². The van der Waals surface area contributed by atoms with Gasteiger partial charge in [0.15, 0.2) is 5.17 Å². The fourth-order valence-electron chi connectivity index (χ4n) is 3.66. The Balaban J connectivity index is 1.76. The third-order valence-corrected chi connectivity index (χ3v) is 6.82. The van der Waals surface area contributed by atoms with E-state index in [2.05, 4.69) is 18.7 Å². The van der Waals surface area contributed by atoms with E-state index in [1.54, 1.807) is 17.0 Å². The summed E-state index contributed by atoms with van der Waals surface area (Å²) in [6.45, 7) is 0.394. The summed E-state index contributed by atoms with van der Waals surface area (Å²) >= 11 is 5.87. The van der Waals surface area contributed by atoms with Crippen LogP contribution in [0.4, 0.5) is 17.1 Å². The quantitative estimate of drug-likeness (QED) is 0.351. The number of amides is 1. The van der Waals surface area contributed by atoms with E-state index >= 15 is 0 Å². The Labute approximate surface area is 215 Å². The number of anilines is 2. The zero-order chi connectivity index (χ0) is 24.9. The maximum atomic E-state index is 13.6. The van der Waals surface area contributed by atoms with Crippen molar-refractivity contribution in [3.8, 4) is 6.07 Å². The first-order valence-corrected chi connectivity index (χ1v) is 12.2. The van der Waals surface area contributed by atoms with E-state index in [9.17, 15) is 10.1 Å². The number of carbonyl (C=O) groups excluding carboxylic acids is 1. The van der Waals surface area contributed by atoms with Gasteiger partial charge in [0.25, 0.3) is 5.91 Å². The monoisotopic (exact) mass is 499 g/mol. The molecule has 8 heteroatoms. The van der Waals surface area contributed by atoms with Gasteiger partial charge in [-0.15, -0.1) is 12.6 Å². The van der Waals surface area contributed by atoms with Gasteiger partial charge in [-0.05, 0) is 47.7 Å². The number of thioether (sulfide) groups is 1. The van der Waals surface area contributed by atoms with Crippen LogP contribution >= 0.6 is 24.4 Å². The van der Waals surface area contributed by atoms with E-state index in [4.69, 9.17) is 4.99 Å². The highest BCUT2D eigenvalue weighted by Gasteiger charge is 2.34.